The molecule has 7 heteroatoms. The summed E-state index contributed by atoms with van der Waals surface area (Å²) in [5.74, 6) is 1.82. The van der Waals surface area contributed by atoms with Gasteiger partial charge in [-0.15, -0.1) is 0 Å². The highest BCUT2D eigenvalue weighted by molar-refractivity contribution is 5.97. The predicted molar refractivity (Wildman–Crippen MR) is 102 cm³/mol. The Balaban J connectivity index is 1.28. The Morgan fingerprint density at radius 1 is 1.04 bits per heavy atom. The van der Waals surface area contributed by atoms with Crippen molar-refractivity contribution in [2.75, 3.05) is 13.2 Å². The van der Waals surface area contributed by atoms with Gasteiger partial charge in [0.15, 0.2) is 17.3 Å². The van der Waals surface area contributed by atoms with Crippen molar-refractivity contribution in [1.82, 2.24) is 15.5 Å². The van der Waals surface area contributed by atoms with Gasteiger partial charge in [-0.2, -0.15) is 0 Å². The van der Waals surface area contributed by atoms with Crippen molar-refractivity contribution in [3.63, 3.8) is 0 Å². The molecule has 3 heterocycles. The van der Waals surface area contributed by atoms with Crippen molar-refractivity contribution in [1.29, 1.82) is 0 Å². The fourth-order valence-corrected chi connectivity index (χ4v) is 3.19. The fraction of sp³-hybridized carbons (Fsp3) is 0.143. The molecule has 4 aromatic rings. The largest absolute Gasteiger partial charge is 0.486 e. The molecule has 0 spiro atoms. The number of hydrogen-bond acceptors (Lipinski definition) is 5. The Labute approximate surface area is 160 Å². The highest BCUT2D eigenvalue weighted by Gasteiger charge is 2.15. The van der Waals surface area contributed by atoms with Gasteiger partial charge in [-0.3, -0.25) is 4.79 Å². The molecule has 0 saturated heterocycles. The number of H-pyrrole nitrogens is 1. The summed E-state index contributed by atoms with van der Waals surface area (Å²) >= 11 is 0. The molecule has 2 aromatic carbocycles. The molecule has 2 aromatic heterocycles. The summed E-state index contributed by atoms with van der Waals surface area (Å²) in [6.07, 6.45) is 0. The monoisotopic (exact) mass is 375 g/mol. The molecule has 0 unspecified atom stereocenters. The van der Waals surface area contributed by atoms with Crippen LogP contribution in [-0.4, -0.2) is 29.3 Å². The molecule has 28 heavy (non-hydrogen) atoms. The molecule has 7 nitrogen and oxygen atoms in total. The Morgan fingerprint density at radius 3 is 2.79 bits per heavy atom. The van der Waals surface area contributed by atoms with Crippen molar-refractivity contribution >= 4 is 16.8 Å². The number of carbonyl (C=O) groups excluding carboxylic acids is 1. The molecular weight excluding hydrogens is 358 g/mol. The third-order valence-electron chi connectivity index (χ3n) is 4.59. The van der Waals surface area contributed by atoms with Gasteiger partial charge >= 0.3 is 0 Å². The predicted octanol–water partition coefficient (Wildman–Crippen LogP) is 3.52. The molecule has 1 aliphatic heterocycles. The van der Waals surface area contributed by atoms with E-state index in [1.807, 2.05) is 48.5 Å². The van der Waals surface area contributed by atoms with E-state index in [9.17, 15) is 4.79 Å². The van der Waals surface area contributed by atoms with Crippen LogP contribution in [0.5, 0.6) is 11.5 Å². The van der Waals surface area contributed by atoms with Gasteiger partial charge in [-0.1, -0.05) is 23.4 Å². The van der Waals surface area contributed by atoms with Gasteiger partial charge in [0.25, 0.3) is 5.91 Å². The summed E-state index contributed by atoms with van der Waals surface area (Å²) in [5, 5.41) is 7.89. The molecule has 0 atom stereocenters. The normalized spacial score (nSPS) is 12.9. The highest BCUT2D eigenvalue weighted by atomic mass is 16.6. The molecule has 2 N–H and O–H groups in total. The van der Waals surface area contributed by atoms with Crippen molar-refractivity contribution < 1.29 is 18.8 Å². The van der Waals surface area contributed by atoms with Crippen LogP contribution in [-0.2, 0) is 6.54 Å². The number of aromatic nitrogens is 2. The van der Waals surface area contributed by atoms with E-state index in [-0.39, 0.29) is 12.5 Å². The van der Waals surface area contributed by atoms with Crippen molar-refractivity contribution in [2.24, 2.45) is 0 Å². The minimum Gasteiger partial charge on any atom is -0.486 e. The average Bonchev–Trinajstić information content (AvgIpc) is 3.39. The summed E-state index contributed by atoms with van der Waals surface area (Å²) in [6, 6.07) is 17.0. The van der Waals surface area contributed by atoms with E-state index in [4.69, 9.17) is 14.0 Å². The molecule has 5 rings (SSSR count). The third kappa shape index (κ3) is 3.07. The Morgan fingerprint density at radius 2 is 1.89 bits per heavy atom. The first-order valence-corrected chi connectivity index (χ1v) is 8.98. The van der Waals surface area contributed by atoms with E-state index in [1.165, 1.54) is 0 Å². The number of nitrogens with one attached hydrogen (secondary N) is 2. The maximum Gasteiger partial charge on any atom is 0.268 e. The van der Waals surface area contributed by atoms with Crippen LogP contribution in [0.25, 0.3) is 22.2 Å². The number of ether oxygens (including phenoxy) is 2. The summed E-state index contributed by atoms with van der Waals surface area (Å²) < 4.78 is 16.5. The summed E-state index contributed by atoms with van der Waals surface area (Å²) in [6.45, 7) is 1.34. The first kappa shape index (κ1) is 16.4. The maximum atomic E-state index is 12.4. The first-order chi connectivity index (χ1) is 13.8. The SMILES string of the molecule is O=C(NCc1cc(-c2ccc3c(c2)OCCO3)on1)c1cc2ccccc2[nH]1. The van der Waals surface area contributed by atoms with Crippen LogP contribution in [0.3, 0.4) is 0 Å². The van der Waals surface area contributed by atoms with Crippen molar-refractivity contribution in [3.05, 3.63) is 66.0 Å². The Bertz CT molecular complexity index is 1130. The van der Waals surface area contributed by atoms with E-state index >= 15 is 0 Å². The quantitative estimate of drug-likeness (QED) is 0.570. The van der Waals surface area contributed by atoms with Crippen LogP contribution < -0.4 is 14.8 Å². The van der Waals surface area contributed by atoms with E-state index < -0.39 is 0 Å². The van der Waals surface area contributed by atoms with Crippen molar-refractivity contribution in [2.45, 2.75) is 6.54 Å². The second kappa shape index (κ2) is 6.77. The number of aromatic amines is 1. The standard InChI is InChI=1S/C21H17N3O4/c25-21(17-9-13-3-1-2-4-16(13)23-17)22-12-15-11-19(28-24-15)14-5-6-18-20(10-14)27-8-7-26-18/h1-6,9-11,23H,7-8,12H2,(H,22,25). The number of hydrogen-bond donors (Lipinski definition) is 2. The van der Waals surface area contributed by atoms with Gasteiger partial charge in [0.2, 0.25) is 0 Å². The average molecular weight is 375 g/mol. The topological polar surface area (TPSA) is 89.4 Å². The number of benzene rings is 2. The lowest BCUT2D eigenvalue weighted by Crippen LogP contribution is -2.23. The highest BCUT2D eigenvalue weighted by Crippen LogP contribution is 2.34. The van der Waals surface area contributed by atoms with Crippen LogP contribution in [0.15, 0.2) is 59.1 Å². The lowest BCUT2D eigenvalue weighted by Gasteiger charge is -2.18. The molecule has 140 valence electrons. The number of amides is 1. The molecule has 0 saturated carbocycles. The number of rotatable bonds is 4. The molecule has 0 radical (unpaired) electrons. The minimum absolute atomic E-state index is 0.194. The lowest BCUT2D eigenvalue weighted by molar-refractivity contribution is 0.0946. The Hall–Kier alpha value is -3.74. The molecule has 0 fully saturated rings. The van der Waals surface area contributed by atoms with Crippen LogP contribution in [0, 0.1) is 0 Å². The second-order valence-electron chi connectivity index (χ2n) is 6.49. The van der Waals surface area contributed by atoms with Crippen LogP contribution in [0.1, 0.15) is 16.2 Å². The fourth-order valence-electron chi connectivity index (χ4n) is 3.19. The molecular formula is C21H17N3O4. The van der Waals surface area contributed by atoms with E-state index in [0.29, 0.717) is 36.1 Å². The summed E-state index contributed by atoms with van der Waals surface area (Å²) in [7, 11) is 0. The van der Waals surface area contributed by atoms with Crippen LogP contribution >= 0.6 is 0 Å². The third-order valence-corrected chi connectivity index (χ3v) is 4.59. The van der Waals surface area contributed by atoms with Gasteiger partial charge in [-0.05, 0) is 30.3 Å². The van der Waals surface area contributed by atoms with Gasteiger partial charge < -0.3 is 24.3 Å². The number of fused-ring (bicyclic) bond motifs is 2. The van der Waals surface area contributed by atoms with Gasteiger partial charge in [0, 0.05) is 22.5 Å². The molecule has 1 aliphatic rings. The zero-order valence-corrected chi connectivity index (χ0v) is 14.9. The molecule has 0 bridgehead atoms. The maximum absolute atomic E-state index is 12.4. The van der Waals surface area contributed by atoms with Gasteiger partial charge in [0.1, 0.15) is 24.6 Å². The number of para-hydroxylation sites is 1. The zero-order chi connectivity index (χ0) is 18.9. The first-order valence-electron chi connectivity index (χ1n) is 8.98. The molecule has 0 aliphatic carbocycles. The van der Waals surface area contributed by atoms with Crippen LogP contribution in [0.2, 0.25) is 0 Å². The Kier molecular flexibility index (Phi) is 3.97. The van der Waals surface area contributed by atoms with E-state index in [0.717, 1.165) is 22.2 Å². The minimum atomic E-state index is -0.194. The molecule has 1 amide bonds. The summed E-state index contributed by atoms with van der Waals surface area (Å²) in [4.78, 5) is 15.5. The zero-order valence-electron chi connectivity index (χ0n) is 14.9. The second-order valence-corrected chi connectivity index (χ2v) is 6.49. The van der Waals surface area contributed by atoms with E-state index in [1.54, 1.807) is 6.07 Å². The van der Waals surface area contributed by atoms with Gasteiger partial charge in [-0.25, -0.2) is 0 Å². The lowest BCUT2D eigenvalue weighted by atomic mass is 10.1. The van der Waals surface area contributed by atoms with Gasteiger partial charge in [0.05, 0.1) is 6.54 Å². The number of nitrogens with zero attached hydrogens (tertiary/aromatic N) is 1. The number of carbonyl (C=O) groups is 1. The van der Waals surface area contributed by atoms with E-state index in [2.05, 4.69) is 15.5 Å². The summed E-state index contributed by atoms with van der Waals surface area (Å²) in [5.41, 5.74) is 2.91. The smallest absolute Gasteiger partial charge is 0.268 e. The van der Waals surface area contributed by atoms with Crippen LogP contribution in [0.4, 0.5) is 0 Å². The van der Waals surface area contributed by atoms with Crippen molar-refractivity contribution in [3.8, 4) is 22.8 Å².